The van der Waals surface area contributed by atoms with E-state index < -0.39 is 5.79 Å². The number of rotatable bonds is 4. The van der Waals surface area contributed by atoms with Crippen LogP contribution in [0.1, 0.15) is 26.2 Å². The molecule has 116 valence electrons. The largest absolute Gasteiger partial charge is 0.494 e. The molecule has 0 radical (unpaired) electrons. The highest BCUT2D eigenvalue weighted by Gasteiger charge is 2.45. The van der Waals surface area contributed by atoms with Crippen molar-refractivity contribution in [1.82, 2.24) is 0 Å². The van der Waals surface area contributed by atoms with Gasteiger partial charge in [0, 0.05) is 24.9 Å². The smallest absolute Gasteiger partial charge is 0.172 e. The Labute approximate surface area is 125 Å². The van der Waals surface area contributed by atoms with Crippen molar-refractivity contribution >= 4 is 0 Å². The molecule has 1 aromatic rings. The van der Waals surface area contributed by atoms with Gasteiger partial charge in [-0.3, -0.25) is 0 Å². The molecule has 1 saturated heterocycles. The molecule has 21 heavy (non-hydrogen) atoms. The molecule has 3 rings (SSSR count). The van der Waals surface area contributed by atoms with Crippen LogP contribution in [0.25, 0.3) is 0 Å². The van der Waals surface area contributed by atoms with Crippen LogP contribution in [-0.2, 0) is 9.47 Å². The lowest BCUT2D eigenvalue weighted by Gasteiger charge is -2.39. The second-order valence-electron chi connectivity index (χ2n) is 5.58. The Bertz CT molecular complexity index is 473. The highest BCUT2D eigenvalue weighted by Crippen LogP contribution is 2.37. The van der Waals surface area contributed by atoms with Gasteiger partial charge in [0.25, 0.3) is 0 Å². The highest BCUT2D eigenvalue weighted by molar-refractivity contribution is 5.33. The fourth-order valence-electron chi connectivity index (χ4n) is 3.00. The normalized spacial score (nSPS) is 27.7. The summed E-state index contributed by atoms with van der Waals surface area (Å²) in [6.45, 7) is 3.91. The molecule has 5 heteroatoms. The molecule has 2 aliphatic rings. The lowest BCUT2D eigenvalue weighted by Crippen LogP contribution is -2.51. The zero-order valence-corrected chi connectivity index (χ0v) is 12.4. The van der Waals surface area contributed by atoms with Crippen LogP contribution in [0.5, 0.6) is 11.5 Å². The molecule has 2 N–H and O–H groups in total. The van der Waals surface area contributed by atoms with E-state index in [2.05, 4.69) is 0 Å². The lowest BCUT2D eigenvalue weighted by molar-refractivity contribution is -0.195. The number of ether oxygens (including phenoxy) is 4. The topological polar surface area (TPSA) is 62.9 Å². The van der Waals surface area contributed by atoms with Crippen molar-refractivity contribution in [3.05, 3.63) is 24.3 Å². The Morgan fingerprint density at radius 2 is 2.05 bits per heavy atom. The molecule has 0 aromatic heterocycles. The Balaban J connectivity index is 1.68. The van der Waals surface area contributed by atoms with Crippen LogP contribution in [-0.4, -0.2) is 37.8 Å². The first-order valence-corrected chi connectivity index (χ1v) is 7.64. The van der Waals surface area contributed by atoms with Crippen molar-refractivity contribution < 1.29 is 18.9 Å². The maximum absolute atomic E-state index is 6.21. The fourth-order valence-corrected chi connectivity index (χ4v) is 3.00. The summed E-state index contributed by atoms with van der Waals surface area (Å²) in [6.07, 6.45) is 2.25. The van der Waals surface area contributed by atoms with Crippen molar-refractivity contribution in [2.75, 3.05) is 19.8 Å². The highest BCUT2D eigenvalue weighted by atomic mass is 16.7. The molecule has 2 fully saturated rings. The van der Waals surface area contributed by atoms with Crippen LogP contribution < -0.4 is 15.2 Å². The summed E-state index contributed by atoms with van der Waals surface area (Å²) in [5.74, 6) is 1.09. The standard InChI is InChI=1S/C16H23NO4/c1-2-18-12-4-3-5-13(10-12)21-15-11-16(7-6-14(15)17)19-8-9-20-16/h3-5,10,14-15H,2,6-9,11,17H2,1H3. The van der Waals surface area contributed by atoms with E-state index in [0.29, 0.717) is 26.2 Å². The molecule has 0 amide bonds. The monoisotopic (exact) mass is 293 g/mol. The summed E-state index contributed by atoms with van der Waals surface area (Å²) in [5.41, 5.74) is 6.21. The molecule has 2 atom stereocenters. The van der Waals surface area contributed by atoms with Gasteiger partial charge in [0.1, 0.15) is 17.6 Å². The van der Waals surface area contributed by atoms with Crippen LogP contribution in [0.4, 0.5) is 0 Å². The number of nitrogens with two attached hydrogens (primary N) is 1. The quantitative estimate of drug-likeness (QED) is 0.921. The third kappa shape index (κ3) is 3.31. The van der Waals surface area contributed by atoms with Gasteiger partial charge in [-0.25, -0.2) is 0 Å². The van der Waals surface area contributed by atoms with Crippen LogP contribution in [0.15, 0.2) is 24.3 Å². The van der Waals surface area contributed by atoms with Crippen molar-refractivity contribution in [2.24, 2.45) is 5.73 Å². The molecule has 1 aromatic carbocycles. The van der Waals surface area contributed by atoms with E-state index in [4.69, 9.17) is 24.7 Å². The van der Waals surface area contributed by atoms with E-state index in [0.717, 1.165) is 24.3 Å². The molecule has 2 unspecified atom stereocenters. The van der Waals surface area contributed by atoms with Crippen LogP contribution in [0, 0.1) is 0 Å². The zero-order valence-electron chi connectivity index (χ0n) is 12.4. The van der Waals surface area contributed by atoms with E-state index >= 15 is 0 Å². The summed E-state index contributed by atoms with van der Waals surface area (Å²) in [4.78, 5) is 0. The second kappa shape index (κ2) is 6.22. The molecule has 1 aliphatic carbocycles. The Hall–Kier alpha value is -1.30. The van der Waals surface area contributed by atoms with Gasteiger partial charge in [-0.2, -0.15) is 0 Å². The van der Waals surface area contributed by atoms with Gasteiger partial charge < -0.3 is 24.7 Å². The van der Waals surface area contributed by atoms with Gasteiger partial charge in [0.2, 0.25) is 0 Å². The van der Waals surface area contributed by atoms with Gasteiger partial charge in [0.15, 0.2) is 5.79 Å². The molecule has 1 aliphatic heterocycles. The van der Waals surface area contributed by atoms with Gasteiger partial charge >= 0.3 is 0 Å². The minimum Gasteiger partial charge on any atom is -0.494 e. The molecule has 5 nitrogen and oxygen atoms in total. The second-order valence-corrected chi connectivity index (χ2v) is 5.58. The molecule has 1 saturated carbocycles. The number of hydrogen-bond donors (Lipinski definition) is 1. The van der Waals surface area contributed by atoms with Gasteiger partial charge in [-0.05, 0) is 25.5 Å². The molecular weight excluding hydrogens is 270 g/mol. The predicted octanol–water partition coefficient (Wildman–Crippen LogP) is 2.09. The maximum Gasteiger partial charge on any atom is 0.172 e. The van der Waals surface area contributed by atoms with Crippen molar-refractivity contribution in [3.8, 4) is 11.5 Å². The molecular formula is C16H23NO4. The van der Waals surface area contributed by atoms with Crippen molar-refractivity contribution in [1.29, 1.82) is 0 Å². The SMILES string of the molecule is CCOc1cccc(OC2CC3(CCC2N)OCCO3)c1. The summed E-state index contributed by atoms with van der Waals surface area (Å²) < 4.78 is 23.1. The Morgan fingerprint density at radius 1 is 1.29 bits per heavy atom. The fraction of sp³-hybridized carbons (Fsp3) is 0.625. The van der Waals surface area contributed by atoms with E-state index in [9.17, 15) is 0 Å². The minimum absolute atomic E-state index is 0.000764. The third-order valence-electron chi connectivity index (χ3n) is 4.07. The first kappa shape index (κ1) is 14.6. The predicted molar refractivity (Wildman–Crippen MR) is 78.5 cm³/mol. The van der Waals surface area contributed by atoms with Gasteiger partial charge in [0.05, 0.1) is 19.8 Å². The van der Waals surface area contributed by atoms with E-state index in [1.54, 1.807) is 0 Å². The average molecular weight is 293 g/mol. The van der Waals surface area contributed by atoms with Crippen molar-refractivity contribution in [3.63, 3.8) is 0 Å². The molecule has 1 heterocycles. The molecule has 1 spiro atoms. The molecule has 0 bridgehead atoms. The first-order chi connectivity index (χ1) is 10.2. The van der Waals surface area contributed by atoms with Gasteiger partial charge in [-0.15, -0.1) is 0 Å². The number of benzene rings is 1. The lowest BCUT2D eigenvalue weighted by atomic mass is 9.88. The Kier molecular flexibility index (Phi) is 4.33. The zero-order chi connectivity index (χ0) is 14.7. The van der Waals surface area contributed by atoms with Crippen molar-refractivity contribution in [2.45, 2.75) is 44.1 Å². The van der Waals surface area contributed by atoms with E-state index in [-0.39, 0.29) is 12.1 Å². The minimum atomic E-state index is -0.488. The van der Waals surface area contributed by atoms with Crippen LogP contribution in [0.2, 0.25) is 0 Å². The third-order valence-corrected chi connectivity index (χ3v) is 4.07. The van der Waals surface area contributed by atoms with E-state index in [1.165, 1.54) is 0 Å². The summed E-state index contributed by atoms with van der Waals surface area (Å²) in [7, 11) is 0. The average Bonchev–Trinajstić information content (AvgIpc) is 2.92. The Morgan fingerprint density at radius 3 is 2.81 bits per heavy atom. The number of hydrogen-bond acceptors (Lipinski definition) is 5. The van der Waals surface area contributed by atoms with Crippen LogP contribution >= 0.6 is 0 Å². The first-order valence-electron chi connectivity index (χ1n) is 7.64. The summed E-state index contributed by atoms with van der Waals surface area (Å²) in [6, 6.07) is 7.66. The maximum atomic E-state index is 6.21. The van der Waals surface area contributed by atoms with Gasteiger partial charge in [-0.1, -0.05) is 6.07 Å². The summed E-state index contributed by atoms with van der Waals surface area (Å²) >= 11 is 0. The summed E-state index contributed by atoms with van der Waals surface area (Å²) in [5, 5.41) is 0. The van der Waals surface area contributed by atoms with Crippen LogP contribution in [0.3, 0.4) is 0 Å². The van der Waals surface area contributed by atoms with E-state index in [1.807, 2.05) is 31.2 Å².